The molecule has 0 fully saturated rings. The van der Waals surface area contributed by atoms with Crippen molar-refractivity contribution >= 4 is 0 Å². The molecule has 0 aliphatic rings. The fraction of sp³-hybridized carbons (Fsp3) is 0.250. The van der Waals surface area contributed by atoms with Gasteiger partial charge in [0, 0.05) is 24.3 Å². The fourth-order valence-electron chi connectivity index (χ4n) is 1.54. The van der Waals surface area contributed by atoms with E-state index in [1.807, 2.05) is 19.2 Å². The third-order valence-electron chi connectivity index (χ3n) is 2.52. The topological polar surface area (TPSA) is 40.7 Å². The molecule has 0 saturated carbocycles. The number of nitrogens with zero attached hydrogens (tertiary/aromatic N) is 1. The van der Waals surface area contributed by atoms with E-state index in [2.05, 4.69) is 15.5 Å². The summed E-state index contributed by atoms with van der Waals surface area (Å²) in [5.41, 5.74) is 2.03. The van der Waals surface area contributed by atoms with Crippen molar-refractivity contribution in [2.24, 2.45) is 0 Å². The van der Waals surface area contributed by atoms with Crippen LogP contribution in [0.2, 0.25) is 0 Å². The van der Waals surface area contributed by atoms with Crippen molar-refractivity contribution in [3.8, 4) is 0 Å². The summed E-state index contributed by atoms with van der Waals surface area (Å²) < 4.78 is 13.0. The number of rotatable bonds is 4. The Morgan fingerprint density at radius 2 is 2.38 bits per heavy atom. The molecule has 2 aromatic rings. The van der Waals surface area contributed by atoms with Crippen LogP contribution in [0.3, 0.4) is 0 Å². The van der Waals surface area contributed by atoms with Crippen molar-refractivity contribution < 1.29 is 4.39 Å². The van der Waals surface area contributed by atoms with Crippen LogP contribution in [0.4, 0.5) is 4.39 Å². The van der Waals surface area contributed by atoms with Crippen molar-refractivity contribution in [3.63, 3.8) is 0 Å². The first-order valence-electron chi connectivity index (χ1n) is 5.22. The van der Waals surface area contributed by atoms with Crippen LogP contribution in [0.1, 0.15) is 24.1 Å². The number of hydrogen-bond acceptors (Lipinski definition) is 2. The van der Waals surface area contributed by atoms with Crippen LogP contribution in [-0.4, -0.2) is 10.2 Å². The monoisotopic (exact) mass is 219 g/mol. The molecule has 0 radical (unpaired) electrons. The van der Waals surface area contributed by atoms with Gasteiger partial charge < -0.3 is 5.32 Å². The molecular formula is C12H14FN3. The molecule has 1 unspecified atom stereocenters. The normalized spacial score (nSPS) is 12.6. The Labute approximate surface area is 93.7 Å². The third kappa shape index (κ3) is 2.67. The SMILES string of the molecule is CC(NCc1cn[nH]c1)c1cccc(F)c1. The number of H-pyrrole nitrogens is 1. The van der Waals surface area contributed by atoms with E-state index in [-0.39, 0.29) is 11.9 Å². The molecule has 0 saturated heterocycles. The van der Waals surface area contributed by atoms with Gasteiger partial charge >= 0.3 is 0 Å². The zero-order chi connectivity index (χ0) is 11.4. The molecule has 3 nitrogen and oxygen atoms in total. The highest BCUT2D eigenvalue weighted by molar-refractivity contribution is 5.19. The van der Waals surface area contributed by atoms with Gasteiger partial charge in [-0.15, -0.1) is 0 Å². The molecule has 0 aliphatic heterocycles. The molecule has 16 heavy (non-hydrogen) atoms. The van der Waals surface area contributed by atoms with Crippen molar-refractivity contribution in [3.05, 3.63) is 53.6 Å². The quantitative estimate of drug-likeness (QED) is 0.829. The highest BCUT2D eigenvalue weighted by Gasteiger charge is 2.05. The standard InChI is InChI=1S/C12H14FN3/c1-9(11-3-2-4-12(13)5-11)14-6-10-7-15-16-8-10/h2-5,7-9,14H,6H2,1H3,(H,15,16). The van der Waals surface area contributed by atoms with E-state index in [1.54, 1.807) is 18.3 Å². The van der Waals surface area contributed by atoms with E-state index in [1.165, 1.54) is 6.07 Å². The van der Waals surface area contributed by atoms with Gasteiger partial charge in [-0.2, -0.15) is 5.10 Å². The van der Waals surface area contributed by atoms with Crippen LogP contribution in [0.5, 0.6) is 0 Å². The smallest absolute Gasteiger partial charge is 0.123 e. The van der Waals surface area contributed by atoms with E-state index < -0.39 is 0 Å². The lowest BCUT2D eigenvalue weighted by Gasteiger charge is -2.13. The van der Waals surface area contributed by atoms with E-state index in [9.17, 15) is 4.39 Å². The molecule has 1 aromatic carbocycles. The largest absolute Gasteiger partial charge is 0.306 e. The molecule has 84 valence electrons. The van der Waals surface area contributed by atoms with Crippen LogP contribution in [-0.2, 0) is 6.54 Å². The number of benzene rings is 1. The Kier molecular flexibility index (Phi) is 3.31. The number of aromatic amines is 1. The minimum atomic E-state index is -0.200. The Morgan fingerprint density at radius 1 is 1.50 bits per heavy atom. The molecule has 0 bridgehead atoms. The van der Waals surface area contributed by atoms with Crippen LogP contribution in [0.15, 0.2) is 36.7 Å². The first kappa shape index (κ1) is 10.8. The highest BCUT2D eigenvalue weighted by Crippen LogP contribution is 2.13. The summed E-state index contributed by atoms with van der Waals surface area (Å²) in [5.74, 6) is -0.200. The van der Waals surface area contributed by atoms with Crippen molar-refractivity contribution in [1.82, 2.24) is 15.5 Å². The summed E-state index contributed by atoms with van der Waals surface area (Å²) in [5, 5.41) is 9.92. The van der Waals surface area contributed by atoms with Gasteiger partial charge in [-0.1, -0.05) is 12.1 Å². The molecule has 0 aliphatic carbocycles. The minimum absolute atomic E-state index is 0.116. The summed E-state index contributed by atoms with van der Waals surface area (Å²) in [6.45, 7) is 2.73. The Hall–Kier alpha value is -1.68. The lowest BCUT2D eigenvalue weighted by molar-refractivity contribution is 0.565. The van der Waals surface area contributed by atoms with E-state index in [4.69, 9.17) is 0 Å². The molecule has 1 aromatic heterocycles. The van der Waals surface area contributed by atoms with Gasteiger partial charge in [-0.25, -0.2) is 4.39 Å². The molecule has 2 rings (SSSR count). The van der Waals surface area contributed by atoms with Gasteiger partial charge in [0.25, 0.3) is 0 Å². The zero-order valence-electron chi connectivity index (χ0n) is 9.07. The second kappa shape index (κ2) is 4.90. The molecule has 0 spiro atoms. The van der Waals surface area contributed by atoms with E-state index in [0.717, 1.165) is 11.1 Å². The number of hydrogen-bond donors (Lipinski definition) is 2. The molecular weight excluding hydrogens is 205 g/mol. The van der Waals surface area contributed by atoms with Crippen LogP contribution in [0.25, 0.3) is 0 Å². The average Bonchev–Trinajstić information content (AvgIpc) is 2.78. The van der Waals surface area contributed by atoms with Gasteiger partial charge in [-0.3, -0.25) is 5.10 Å². The second-order valence-electron chi connectivity index (χ2n) is 3.76. The predicted molar refractivity (Wildman–Crippen MR) is 60.2 cm³/mol. The lowest BCUT2D eigenvalue weighted by Crippen LogP contribution is -2.17. The number of nitrogens with one attached hydrogen (secondary N) is 2. The summed E-state index contributed by atoms with van der Waals surface area (Å²) >= 11 is 0. The predicted octanol–water partition coefficient (Wildman–Crippen LogP) is 2.40. The van der Waals surface area contributed by atoms with Gasteiger partial charge in [0.15, 0.2) is 0 Å². The maximum Gasteiger partial charge on any atom is 0.123 e. The summed E-state index contributed by atoms with van der Waals surface area (Å²) in [6, 6.07) is 6.75. The van der Waals surface area contributed by atoms with Crippen molar-refractivity contribution in [2.75, 3.05) is 0 Å². The molecule has 1 atom stereocenters. The maximum absolute atomic E-state index is 13.0. The minimum Gasteiger partial charge on any atom is -0.306 e. The molecule has 4 heteroatoms. The molecule has 2 N–H and O–H groups in total. The number of aromatic nitrogens is 2. The van der Waals surface area contributed by atoms with Gasteiger partial charge in [0.05, 0.1) is 6.20 Å². The first-order chi connectivity index (χ1) is 7.75. The highest BCUT2D eigenvalue weighted by atomic mass is 19.1. The Balaban J connectivity index is 1.95. The number of halogens is 1. The van der Waals surface area contributed by atoms with E-state index in [0.29, 0.717) is 6.54 Å². The Bertz CT molecular complexity index is 439. The second-order valence-corrected chi connectivity index (χ2v) is 3.76. The van der Waals surface area contributed by atoms with Gasteiger partial charge in [0.2, 0.25) is 0 Å². The maximum atomic E-state index is 13.0. The average molecular weight is 219 g/mol. The lowest BCUT2D eigenvalue weighted by atomic mass is 10.1. The van der Waals surface area contributed by atoms with Crippen LogP contribution >= 0.6 is 0 Å². The molecule has 0 amide bonds. The third-order valence-corrected chi connectivity index (χ3v) is 2.52. The first-order valence-corrected chi connectivity index (χ1v) is 5.22. The summed E-state index contributed by atoms with van der Waals surface area (Å²) in [6.07, 6.45) is 3.61. The van der Waals surface area contributed by atoms with Crippen molar-refractivity contribution in [2.45, 2.75) is 19.5 Å². The summed E-state index contributed by atoms with van der Waals surface area (Å²) in [4.78, 5) is 0. The van der Waals surface area contributed by atoms with E-state index >= 15 is 0 Å². The molecule has 1 heterocycles. The van der Waals surface area contributed by atoms with Gasteiger partial charge in [-0.05, 0) is 24.6 Å². The van der Waals surface area contributed by atoms with Gasteiger partial charge in [0.1, 0.15) is 5.82 Å². The summed E-state index contributed by atoms with van der Waals surface area (Å²) in [7, 11) is 0. The fourth-order valence-corrected chi connectivity index (χ4v) is 1.54. The Morgan fingerprint density at radius 3 is 3.06 bits per heavy atom. The van der Waals surface area contributed by atoms with Crippen LogP contribution in [0, 0.1) is 5.82 Å². The van der Waals surface area contributed by atoms with Crippen LogP contribution < -0.4 is 5.32 Å². The zero-order valence-corrected chi connectivity index (χ0v) is 9.07. The van der Waals surface area contributed by atoms with Crippen molar-refractivity contribution in [1.29, 1.82) is 0 Å².